The zero-order chi connectivity index (χ0) is 33.9. The number of methoxy groups -OCH3 is 3. The van der Waals surface area contributed by atoms with Gasteiger partial charge in [-0.15, -0.1) is 0 Å². The Kier molecular flexibility index (Phi) is 13.0. The van der Waals surface area contributed by atoms with Gasteiger partial charge in [-0.3, -0.25) is 14.4 Å². The topological polar surface area (TPSA) is 144 Å². The van der Waals surface area contributed by atoms with Crippen LogP contribution in [0.3, 0.4) is 0 Å². The summed E-state index contributed by atoms with van der Waals surface area (Å²) in [5.74, 6) is 1.10. The highest BCUT2D eigenvalue weighted by molar-refractivity contribution is 14.1. The van der Waals surface area contributed by atoms with E-state index in [1.54, 1.807) is 37.3 Å². The Morgan fingerprint density at radius 1 is 1.02 bits per heavy atom. The maximum absolute atomic E-state index is 14.1. The molecule has 0 heterocycles. The minimum Gasteiger partial charge on any atom is -0.497 e. The molecule has 4 rings (SSSR count). The number of rotatable bonds is 15. The van der Waals surface area contributed by atoms with Gasteiger partial charge in [0.15, 0.2) is 11.5 Å². The average Bonchev–Trinajstić information content (AvgIpc) is 3.09. The molecule has 0 saturated heterocycles. The number of nitrogens with zero attached hydrogens (tertiary/aromatic N) is 1. The third-order valence-corrected chi connectivity index (χ3v) is 8.69. The molecule has 12 heteroatoms. The first-order valence-electron chi connectivity index (χ1n) is 15.0. The largest absolute Gasteiger partial charge is 0.497 e. The summed E-state index contributed by atoms with van der Waals surface area (Å²) in [6, 6.07) is 17.0. The quantitative estimate of drug-likeness (QED) is 0.157. The Bertz CT molecular complexity index is 1580. The number of halogens is 1. The second-order valence-electron chi connectivity index (χ2n) is 10.8. The molecule has 0 spiro atoms. The van der Waals surface area contributed by atoms with Crippen LogP contribution in [-0.2, 0) is 22.4 Å². The van der Waals surface area contributed by atoms with Gasteiger partial charge in [0.1, 0.15) is 30.0 Å². The van der Waals surface area contributed by atoms with Gasteiger partial charge in [-0.1, -0.05) is 30.3 Å². The number of aliphatic hydroxyl groups is 2. The number of aldehydes is 1. The lowest BCUT2D eigenvalue weighted by Crippen LogP contribution is -2.56. The van der Waals surface area contributed by atoms with Crippen LogP contribution < -0.4 is 24.3 Å². The minimum absolute atomic E-state index is 0.0279. The first-order valence-corrected chi connectivity index (χ1v) is 16.1. The molecule has 3 aromatic rings. The van der Waals surface area contributed by atoms with E-state index in [0.717, 1.165) is 11.1 Å². The molecule has 1 aliphatic carbocycles. The standard InChI is InChI=1S/C35H39IN2O9/c1-44-26-9-10-29(45-2)24(18-26)11-13-38(32(41)17-22-7-5-4-6-8-22)28-19-25(35(43)37-12-14-39)20-30(33(28)42)47-34-27(36)15-23(21-40)16-31(34)46-3/h4-10,15-16,18,20-21,28,30,33,39,42H,11-14,17,19H2,1-3H3,(H,37,43). The number of aliphatic hydroxyl groups excluding tert-OH is 2. The van der Waals surface area contributed by atoms with Crippen molar-refractivity contribution in [1.29, 1.82) is 0 Å². The lowest BCUT2D eigenvalue weighted by molar-refractivity contribution is -0.137. The second kappa shape index (κ2) is 17.1. The summed E-state index contributed by atoms with van der Waals surface area (Å²) in [7, 11) is 4.57. The highest BCUT2D eigenvalue weighted by atomic mass is 127. The Hall–Kier alpha value is -4.14. The van der Waals surface area contributed by atoms with Crippen molar-refractivity contribution in [3.63, 3.8) is 0 Å². The van der Waals surface area contributed by atoms with Gasteiger partial charge in [0.2, 0.25) is 11.8 Å². The van der Waals surface area contributed by atoms with Crippen LogP contribution in [0.5, 0.6) is 23.0 Å². The molecule has 47 heavy (non-hydrogen) atoms. The summed E-state index contributed by atoms with van der Waals surface area (Å²) in [6.07, 6.45) is 0.351. The predicted molar refractivity (Wildman–Crippen MR) is 183 cm³/mol. The van der Waals surface area contributed by atoms with Crippen molar-refractivity contribution in [2.45, 2.75) is 37.5 Å². The van der Waals surface area contributed by atoms with E-state index in [1.807, 2.05) is 59.0 Å². The zero-order valence-corrected chi connectivity index (χ0v) is 28.6. The van der Waals surface area contributed by atoms with E-state index in [9.17, 15) is 24.6 Å². The van der Waals surface area contributed by atoms with E-state index >= 15 is 0 Å². The molecule has 2 amide bonds. The number of amides is 2. The van der Waals surface area contributed by atoms with Gasteiger partial charge in [-0.05, 0) is 76.5 Å². The van der Waals surface area contributed by atoms with E-state index in [2.05, 4.69) is 5.32 Å². The van der Waals surface area contributed by atoms with Gasteiger partial charge in [0, 0.05) is 30.6 Å². The molecule has 0 aromatic heterocycles. The third kappa shape index (κ3) is 9.02. The fourth-order valence-electron chi connectivity index (χ4n) is 5.50. The van der Waals surface area contributed by atoms with Crippen molar-refractivity contribution in [2.24, 2.45) is 0 Å². The second-order valence-corrected chi connectivity index (χ2v) is 12.0. The SMILES string of the molecule is COc1ccc(OC)c(CCN(C(=O)Cc2ccccc2)C2CC(C(=O)NCCO)=CC(Oc3c(I)cc(C=O)cc3OC)C2O)c1. The lowest BCUT2D eigenvalue weighted by Gasteiger charge is -2.41. The maximum Gasteiger partial charge on any atom is 0.247 e. The summed E-state index contributed by atoms with van der Waals surface area (Å²) in [5.41, 5.74) is 2.26. The van der Waals surface area contributed by atoms with Crippen molar-refractivity contribution in [1.82, 2.24) is 10.2 Å². The van der Waals surface area contributed by atoms with Crippen molar-refractivity contribution < 1.29 is 43.5 Å². The van der Waals surface area contributed by atoms with Crippen molar-refractivity contribution in [3.8, 4) is 23.0 Å². The number of ether oxygens (including phenoxy) is 4. The zero-order valence-electron chi connectivity index (χ0n) is 26.5. The van der Waals surface area contributed by atoms with Gasteiger partial charge in [-0.2, -0.15) is 0 Å². The summed E-state index contributed by atoms with van der Waals surface area (Å²) >= 11 is 2.01. The van der Waals surface area contributed by atoms with Crippen molar-refractivity contribution in [2.75, 3.05) is 41.0 Å². The lowest BCUT2D eigenvalue weighted by atomic mass is 9.87. The Morgan fingerprint density at radius 2 is 1.77 bits per heavy atom. The van der Waals surface area contributed by atoms with Crippen LogP contribution in [0, 0.1) is 3.57 Å². The fourth-order valence-corrected chi connectivity index (χ4v) is 6.26. The molecule has 11 nitrogen and oxygen atoms in total. The van der Waals surface area contributed by atoms with E-state index in [1.165, 1.54) is 19.3 Å². The van der Waals surface area contributed by atoms with Crippen LogP contribution in [0.25, 0.3) is 0 Å². The first-order chi connectivity index (χ1) is 22.7. The van der Waals surface area contributed by atoms with Gasteiger partial charge in [0.05, 0.1) is 44.0 Å². The van der Waals surface area contributed by atoms with E-state index in [0.29, 0.717) is 33.3 Å². The van der Waals surface area contributed by atoms with E-state index in [4.69, 9.17) is 18.9 Å². The Morgan fingerprint density at radius 3 is 2.43 bits per heavy atom. The van der Waals surface area contributed by atoms with Gasteiger partial charge < -0.3 is 39.4 Å². The molecule has 0 radical (unpaired) electrons. The molecule has 0 fully saturated rings. The number of benzene rings is 3. The monoisotopic (exact) mass is 758 g/mol. The smallest absolute Gasteiger partial charge is 0.247 e. The number of hydrogen-bond acceptors (Lipinski definition) is 9. The summed E-state index contributed by atoms with van der Waals surface area (Å²) in [5, 5.41) is 23.9. The minimum atomic E-state index is -1.26. The summed E-state index contributed by atoms with van der Waals surface area (Å²) < 4.78 is 23.4. The highest BCUT2D eigenvalue weighted by Gasteiger charge is 2.41. The molecule has 3 aromatic carbocycles. The van der Waals surface area contributed by atoms with Gasteiger partial charge in [0.25, 0.3) is 0 Å². The van der Waals surface area contributed by atoms with E-state index < -0.39 is 24.2 Å². The molecule has 0 saturated carbocycles. The molecule has 0 bridgehead atoms. The average molecular weight is 759 g/mol. The number of hydrogen-bond donors (Lipinski definition) is 3. The molecule has 3 N–H and O–H groups in total. The van der Waals surface area contributed by atoms with Crippen LogP contribution >= 0.6 is 22.6 Å². The molecule has 0 aliphatic heterocycles. The maximum atomic E-state index is 14.1. The van der Waals surface area contributed by atoms with Crippen LogP contribution in [0.1, 0.15) is 27.9 Å². The molecule has 1 aliphatic rings. The van der Waals surface area contributed by atoms with Crippen LogP contribution in [0.15, 0.2) is 72.3 Å². The van der Waals surface area contributed by atoms with Crippen molar-refractivity contribution >= 4 is 40.7 Å². The predicted octanol–water partition coefficient (Wildman–Crippen LogP) is 3.36. The van der Waals surface area contributed by atoms with Gasteiger partial charge >= 0.3 is 0 Å². The third-order valence-electron chi connectivity index (χ3n) is 7.88. The Labute approximate surface area is 287 Å². The molecule has 250 valence electrons. The molecule has 3 atom stereocenters. The summed E-state index contributed by atoms with van der Waals surface area (Å²) in [4.78, 5) is 40.4. The molecular formula is C35H39IN2O9. The van der Waals surface area contributed by atoms with E-state index in [-0.39, 0.29) is 55.5 Å². The first kappa shape index (κ1) is 35.7. The fraction of sp³-hybridized carbons (Fsp3) is 0.343. The van der Waals surface area contributed by atoms with Crippen LogP contribution in [0.4, 0.5) is 0 Å². The molecule has 3 unspecified atom stereocenters. The number of carbonyl (C=O) groups excluding carboxylic acids is 3. The highest BCUT2D eigenvalue weighted by Crippen LogP contribution is 2.37. The van der Waals surface area contributed by atoms with Gasteiger partial charge in [-0.25, -0.2) is 0 Å². The Balaban J connectivity index is 1.74. The van der Waals surface area contributed by atoms with Crippen LogP contribution in [-0.4, -0.2) is 92.5 Å². The van der Waals surface area contributed by atoms with Crippen molar-refractivity contribution in [3.05, 3.63) is 92.6 Å². The summed E-state index contributed by atoms with van der Waals surface area (Å²) in [6.45, 7) is -0.0440. The van der Waals surface area contributed by atoms with Crippen LogP contribution in [0.2, 0.25) is 0 Å². The number of nitrogens with one attached hydrogen (secondary N) is 1. The molecular weight excluding hydrogens is 719 g/mol. The number of carbonyl (C=O) groups is 3. The normalized spacial score (nSPS) is 17.2.